The maximum Gasteiger partial charge on any atom is 0.269 e. The summed E-state index contributed by atoms with van der Waals surface area (Å²) in [4.78, 5) is 31.4. The fraction of sp³-hybridized carbons (Fsp3) is 0.0968. The molecule has 1 fully saturated rings. The molecule has 1 amide bonds. The zero-order valence-electron chi connectivity index (χ0n) is 21.9. The molecule has 0 radical (unpaired) electrons. The van der Waals surface area contributed by atoms with Gasteiger partial charge in [0.05, 0.1) is 29.2 Å². The van der Waals surface area contributed by atoms with Gasteiger partial charge < -0.3 is 9.47 Å². The zero-order valence-corrected chi connectivity index (χ0v) is 24.3. The Hall–Kier alpha value is -4.41. The predicted octanol–water partition coefficient (Wildman–Crippen LogP) is 7.75. The highest BCUT2D eigenvalue weighted by Crippen LogP contribution is 2.37. The van der Waals surface area contributed by atoms with Crippen molar-refractivity contribution in [3.8, 4) is 11.5 Å². The number of rotatable bonds is 9. The van der Waals surface area contributed by atoms with Crippen molar-refractivity contribution in [2.45, 2.75) is 13.2 Å². The Morgan fingerprint density at radius 2 is 1.76 bits per heavy atom. The summed E-state index contributed by atoms with van der Waals surface area (Å²) in [7, 11) is 1.61. The highest BCUT2D eigenvalue weighted by atomic mass is 79.9. The minimum absolute atomic E-state index is 0.000570. The zero-order chi connectivity index (χ0) is 28.8. The molecule has 0 spiro atoms. The molecule has 0 saturated carbocycles. The molecule has 1 aliphatic rings. The number of carbonyl (C=O) groups excluding carboxylic acids is 1. The summed E-state index contributed by atoms with van der Waals surface area (Å²) >= 11 is 4.80. The molecule has 0 bridgehead atoms. The number of ether oxygens (including phenoxy) is 2. The molecular formula is C31H24BrN3O5S. The number of aliphatic imine (C=N–C) groups is 1. The monoisotopic (exact) mass is 629 g/mol. The van der Waals surface area contributed by atoms with Gasteiger partial charge in [0.2, 0.25) is 0 Å². The van der Waals surface area contributed by atoms with Crippen molar-refractivity contribution in [1.82, 2.24) is 4.90 Å². The van der Waals surface area contributed by atoms with Gasteiger partial charge in [0.25, 0.3) is 11.6 Å². The van der Waals surface area contributed by atoms with E-state index in [1.54, 1.807) is 36.3 Å². The molecule has 0 atom stereocenters. The number of halogens is 1. The van der Waals surface area contributed by atoms with Crippen LogP contribution in [0.5, 0.6) is 11.5 Å². The molecule has 0 unspecified atom stereocenters. The minimum atomic E-state index is -0.436. The molecule has 1 aliphatic heterocycles. The number of nitro benzene ring substituents is 1. The lowest BCUT2D eigenvalue weighted by molar-refractivity contribution is -0.384. The molecule has 4 aromatic rings. The number of nitrogens with zero attached hydrogens (tertiary/aromatic N) is 3. The SMILES string of the molecule is COc1ccc(CN2C(=O)/C(=C/c3cc(Br)ccc3OCc3cccc([N+](=O)[O-])c3)SC2=Nc2ccccc2)cc1. The van der Waals surface area contributed by atoms with E-state index in [0.717, 1.165) is 21.5 Å². The predicted molar refractivity (Wildman–Crippen MR) is 164 cm³/mol. The molecule has 41 heavy (non-hydrogen) atoms. The standard InChI is InChI=1S/C31H24BrN3O5S/c1-39-27-13-10-21(11-14-27)19-34-30(36)29(41-31(34)33-25-7-3-2-4-8-25)18-23-17-24(32)12-15-28(23)40-20-22-6-5-9-26(16-22)35(37)38/h2-18H,19-20H2,1H3/b29-18-,33-31?. The molecule has 206 valence electrons. The van der Waals surface area contributed by atoms with Crippen LogP contribution in [0.1, 0.15) is 16.7 Å². The number of hydrogen-bond donors (Lipinski definition) is 0. The van der Waals surface area contributed by atoms with E-state index in [0.29, 0.717) is 33.5 Å². The first kappa shape index (κ1) is 28.1. The number of hydrogen-bond acceptors (Lipinski definition) is 7. The second kappa shape index (κ2) is 12.8. The summed E-state index contributed by atoms with van der Waals surface area (Å²) in [6.07, 6.45) is 1.79. The van der Waals surface area contributed by atoms with Crippen molar-refractivity contribution < 1.29 is 19.2 Å². The van der Waals surface area contributed by atoms with Crippen LogP contribution >= 0.6 is 27.7 Å². The van der Waals surface area contributed by atoms with Crippen LogP contribution in [0, 0.1) is 10.1 Å². The van der Waals surface area contributed by atoms with Crippen LogP contribution in [0.25, 0.3) is 6.08 Å². The molecule has 1 heterocycles. The summed E-state index contributed by atoms with van der Waals surface area (Å²) in [6.45, 7) is 0.471. The van der Waals surface area contributed by atoms with Gasteiger partial charge in [0.1, 0.15) is 18.1 Å². The van der Waals surface area contributed by atoms with Gasteiger partial charge in [-0.2, -0.15) is 0 Å². The Labute approximate surface area is 249 Å². The maximum absolute atomic E-state index is 13.7. The second-order valence-electron chi connectivity index (χ2n) is 8.98. The summed E-state index contributed by atoms with van der Waals surface area (Å²) in [5.74, 6) is 1.10. The summed E-state index contributed by atoms with van der Waals surface area (Å²) < 4.78 is 12.1. The summed E-state index contributed by atoms with van der Waals surface area (Å²) in [5.41, 5.74) is 3.03. The molecule has 0 N–H and O–H groups in total. The Kier molecular flexibility index (Phi) is 8.81. The van der Waals surface area contributed by atoms with Gasteiger partial charge in [0.15, 0.2) is 5.17 Å². The molecule has 8 nitrogen and oxygen atoms in total. The lowest BCUT2D eigenvalue weighted by Crippen LogP contribution is -2.28. The van der Waals surface area contributed by atoms with E-state index in [1.807, 2.05) is 66.7 Å². The molecule has 4 aromatic carbocycles. The van der Waals surface area contributed by atoms with E-state index in [9.17, 15) is 14.9 Å². The van der Waals surface area contributed by atoms with Gasteiger partial charge in [0, 0.05) is 22.2 Å². The third kappa shape index (κ3) is 7.03. The first-order valence-electron chi connectivity index (χ1n) is 12.5. The van der Waals surface area contributed by atoms with Gasteiger partial charge in [-0.25, -0.2) is 4.99 Å². The Balaban J connectivity index is 1.45. The lowest BCUT2D eigenvalue weighted by Gasteiger charge is -2.16. The number of benzene rings is 4. The van der Waals surface area contributed by atoms with Crippen molar-refractivity contribution in [3.63, 3.8) is 0 Å². The van der Waals surface area contributed by atoms with Crippen LogP contribution < -0.4 is 9.47 Å². The Bertz CT molecular complexity index is 1640. The highest BCUT2D eigenvalue weighted by molar-refractivity contribution is 9.10. The topological polar surface area (TPSA) is 94.3 Å². The van der Waals surface area contributed by atoms with E-state index in [1.165, 1.54) is 23.9 Å². The largest absolute Gasteiger partial charge is 0.497 e. The summed E-state index contributed by atoms with van der Waals surface area (Å²) in [5, 5.41) is 11.7. The van der Waals surface area contributed by atoms with Gasteiger partial charge in [-0.1, -0.05) is 58.4 Å². The average molecular weight is 631 g/mol. The fourth-order valence-electron chi connectivity index (χ4n) is 4.08. The number of thioether (sulfide) groups is 1. The first-order chi connectivity index (χ1) is 19.9. The van der Waals surface area contributed by atoms with E-state index in [2.05, 4.69) is 15.9 Å². The lowest BCUT2D eigenvalue weighted by atomic mass is 10.1. The van der Waals surface area contributed by atoms with Crippen LogP contribution in [-0.4, -0.2) is 28.0 Å². The van der Waals surface area contributed by atoms with Crippen molar-refractivity contribution >= 4 is 56.2 Å². The number of non-ortho nitro benzene ring substituents is 1. The molecule has 0 aromatic heterocycles. The number of methoxy groups -OCH3 is 1. The van der Waals surface area contributed by atoms with Gasteiger partial charge in [-0.3, -0.25) is 19.8 Å². The Morgan fingerprint density at radius 3 is 2.49 bits per heavy atom. The van der Waals surface area contributed by atoms with Crippen molar-refractivity contribution in [1.29, 1.82) is 0 Å². The first-order valence-corrected chi connectivity index (χ1v) is 14.1. The average Bonchev–Trinajstić information content (AvgIpc) is 3.26. The molecule has 10 heteroatoms. The quantitative estimate of drug-likeness (QED) is 0.107. The fourth-order valence-corrected chi connectivity index (χ4v) is 5.45. The van der Waals surface area contributed by atoms with Gasteiger partial charge in [-0.05, 0) is 71.4 Å². The third-order valence-electron chi connectivity index (χ3n) is 6.14. The normalized spacial score (nSPS) is 15.0. The van der Waals surface area contributed by atoms with Crippen LogP contribution in [0.2, 0.25) is 0 Å². The molecule has 0 aliphatic carbocycles. The number of nitro groups is 1. The van der Waals surface area contributed by atoms with Gasteiger partial charge in [-0.15, -0.1) is 0 Å². The van der Waals surface area contributed by atoms with Crippen LogP contribution in [0.3, 0.4) is 0 Å². The van der Waals surface area contributed by atoms with Crippen molar-refractivity contribution in [3.05, 3.63) is 133 Å². The summed E-state index contributed by atoms with van der Waals surface area (Å²) in [6, 6.07) is 28.9. The van der Waals surface area contributed by atoms with E-state index >= 15 is 0 Å². The maximum atomic E-state index is 13.7. The highest BCUT2D eigenvalue weighted by Gasteiger charge is 2.33. The van der Waals surface area contributed by atoms with Crippen molar-refractivity contribution in [2.24, 2.45) is 4.99 Å². The number of amidine groups is 1. The third-order valence-corrected chi connectivity index (χ3v) is 7.64. The smallest absolute Gasteiger partial charge is 0.269 e. The van der Waals surface area contributed by atoms with Gasteiger partial charge >= 0.3 is 0 Å². The van der Waals surface area contributed by atoms with E-state index in [4.69, 9.17) is 14.5 Å². The number of para-hydroxylation sites is 1. The second-order valence-corrected chi connectivity index (χ2v) is 10.9. The molecular weight excluding hydrogens is 606 g/mol. The molecule has 1 saturated heterocycles. The number of carbonyl (C=O) groups is 1. The number of amides is 1. The molecule has 5 rings (SSSR count). The van der Waals surface area contributed by atoms with E-state index in [-0.39, 0.29) is 18.2 Å². The Morgan fingerprint density at radius 1 is 0.976 bits per heavy atom. The van der Waals surface area contributed by atoms with E-state index < -0.39 is 4.92 Å². The van der Waals surface area contributed by atoms with Crippen LogP contribution in [0.15, 0.2) is 111 Å². The van der Waals surface area contributed by atoms with Crippen LogP contribution in [0.4, 0.5) is 11.4 Å². The minimum Gasteiger partial charge on any atom is -0.497 e. The van der Waals surface area contributed by atoms with Crippen molar-refractivity contribution in [2.75, 3.05) is 7.11 Å². The van der Waals surface area contributed by atoms with Crippen LogP contribution in [-0.2, 0) is 17.9 Å².